The van der Waals surface area contributed by atoms with Crippen LogP contribution in [0, 0.1) is 12.7 Å². The van der Waals surface area contributed by atoms with Gasteiger partial charge in [0.1, 0.15) is 5.82 Å². The standard InChI is InChI=1S/C11H15FN2O/c1-7-4-3-5-9(11(7)12)14-8(2)6-10(13)15/h3-5,8,14H,6H2,1-2H3,(H2,13,15). The maximum Gasteiger partial charge on any atom is 0.219 e. The highest BCUT2D eigenvalue weighted by Gasteiger charge is 2.09. The smallest absolute Gasteiger partial charge is 0.219 e. The molecule has 0 aromatic heterocycles. The van der Waals surface area contributed by atoms with E-state index in [0.29, 0.717) is 11.3 Å². The molecule has 3 nitrogen and oxygen atoms in total. The van der Waals surface area contributed by atoms with Gasteiger partial charge in [-0.2, -0.15) is 0 Å². The summed E-state index contributed by atoms with van der Waals surface area (Å²) < 4.78 is 13.5. The van der Waals surface area contributed by atoms with Crippen LogP contribution < -0.4 is 11.1 Å². The zero-order valence-electron chi connectivity index (χ0n) is 8.88. The molecule has 1 rings (SSSR count). The number of nitrogens with one attached hydrogen (secondary N) is 1. The third kappa shape index (κ3) is 3.23. The first kappa shape index (κ1) is 11.5. The van der Waals surface area contributed by atoms with Gasteiger partial charge in [-0.3, -0.25) is 4.79 Å². The molecule has 1 amide bonds. The molecule has 0 aliphatic heterocycles. The first-order valence-corrected chi connectivity index (χ1v) is 4.80. The predicted octanol–water partition coefficient (Wildman–Crippen LogP) is 1.81. The lowest BCUT2D eigenvalue weighted by Gasteiger charge is -2.14. The Morgan fingerprint density at radius 3 is 2.87 bits per heavy atom. The van der Waals surface area contributed by atoms with Gasteiger partial charge in [-0.05, 0) is 25.5 Å². The Morgan fingerprint density at radius 2 is 2.27 bits per heavy atom. The van der Waals surface area contributed by atoms with Crippen LogP contribution >= 0.6 is 0 Å². The number of primary amides is 1. The molecule has 0 aliphatic rings. The van der Waals surface area contributed by atoms with Gasteiger partial charge >= 0.3 is 0 Å². The molecule has 82 valence electrons. The Bertz CT molecular complexity index is 366. The molecule has 0 radical (unpaired) electrons. The second-order valence-electron chi connectivity index (χ2n) is 3.65. The van der Waals surface area contributed by atoms with Crippen molar-refractivity contribution in [3.05, 3.63) is 29.6 Å². The number of carbonyl (C=O) groups is 1. The van der Waals surface area contributed by atoms with Crippen LogP contribution in [0.2, 0.25) is 0 Å². The molecular weight excluding hydrogens is 195 g/mol. The van der Waals surface area contributed by atoms with Gasteiger partial charge < -0.3 is 11.1 Å². The minimum atomic E-state index is -0.400. The number of hydrogen-bond acceptors (Lipinski definition) is 2. The van der Waals surface area contributed by atoms with Crippen molar-refractivity contribution in [2.24, 2.45) is 5.73 Å². The van der Waals surface area contributed by atoms with Crippen molar-refractivity contribution in [3.8, 4) is 0 Å². The van der Waals surface area contributed by atoms with Gasteiger partial charge in [-0.15, -0.1) is 0 Å². The highest BCUT2D eigenvalue weighted by Crippen LogP contribution is 2.18. The Kier molecular flexibility index (Phi) is 3.66. The highest BCUT2D eigenvalue weighted by atomic mass is 19.1. The van der Waals surface area contributed by atoms with Crippen LogP contribution in [0.3, 0.4) is 0 Å². The van der Waals surface area contributed by atoms with Gasteiger partial charge in [-0.25, -0.2) is 4.39 Å². The maximum atomic E-state index is 13.5. The van der Waals surface area contributed by atoms with Crippen molar-refractivity contribution in [2.75, 3.05) is 5.32 Å². The molecule has 0 heterocycles. The average Bonchev–Trinajstić information content (AvgIpc) is 2.11. The summed E-state index contributed by atoms with van der Waals surface area (Å²) in [6.45, 7) is 3.48. The van der Waals surface area contributed by atoms with Crippen LogP contribution in [0.5, 0.6) is 0 Å². The third-order valence-corrected chi connectivity index (χ3v) is 2.10. The Morgan fingerprint density at radius 1 is 1.60 bits per heavy atom. The summed E-state index contributed by atoms with van der Waals surface area (Å²) in [5, 5.41) is 2.91. The van der Waals surface area contributed by atoms with Crippen LogP contribution in [0.25, 0.3) is 0 Å². The van der Waals surface area contributed by atoms with Crippen molar-refractivity contribution in [1.29, 1.82) is 0 Å². The second kappa shape index (κ2) is 4.77. The van der Waals surface area contributed by atoms with Gasteiger partial charge in [0.25, 0.3) is 0 Å². The van der Waals surface area contributed by atoms with E-state index in [2.05, 4.69) is 5.32 Å². The fraction of sp³-hybridized carbons (Fsp3) is 0.364. The average molecular weight is 210 g/mol. The molecule has 0 spiro atoms. The van der Waals surface area contributed by atoms with Gasteiger partial charge in [0.15, 0.2) is 0 Å². The monoisotopic (exact) mass is 210 g/mol. The van der Waals surface area contributed by atoms with Crippen LogP contribution in [-0.2, 0) is 4.79 Å². The molecule has 1 aromatic rings. The molecule has 0 bridgehead atoms. The summed E-state index contributed by atoms with van der Waals surface area (Å²) in [5.41, 5.74) is 6.02. The predicted molar refractivity (Wildman–Crippen MR) is 58.0 cm³/mol. The first-order valence-electron chi connectivity index (χ1n) is 4.80. The zero-order valence-corrected chi connectivity index (χ0v) is 8.88. The summed E-state index contributed by atoms with van der Waals surface area (Å²) in [4.78, 5) is 10.6. The maximum absolute atomic E-state index is 13.5. The fourth-order valence-electron chi connectivity index (χ4n) is 1.38. The van der Waals surface area contributed by atoms with E-state index in [1.165, 1.54) is 0 Å². The summed E-state index contributed by atoms with van der Waals surface area (Å²) in [7, 11) is 0. The summed E-state index contributed by atoms with van der Waals surface area (Å²) >= 11 is 0. The number of amides is 1. The SMILES string of the molecule is Cc1cccc(NC(C)CC(N)=O)c1F. The van der Waals surface area contributed by atoms with Crippen LogP contribution in [0.1, 0.15) is 18.9 Å². The molecule has 0 saturated heterocycles. The topological polar surface area (TPSA) is 55.1 Å². The van der Waals surface area contributed by atoms with Gasteiger partial charge in [0.05, 0.1) is 5.69 Å². The largest absolute Gasteiger partial charge is 0.380 e. The quantitative estimate of drug-likeness (QED) is 0.796. The van der Waals surface area contributed by atoms with Crippen molar-refractivity contribution >= 4 is 11.6 Å². The number of aryl methyl sites for hydroxylation is 1. The molecule has 1 atom stereocenters. The van der Waals surface area contributed by atoms with Gasteiger partial charge in [0.2, 0.25) is 5.91 Å². The normalized spacial score (nSPS) is 12.2. The molecule has 3 N–H and O–H groups in total. The minimum absolute atomic E-state index is 0.168. The molecule has 1 unspecified atom stereocenters. The van der Waals surface area contributed by atoms with Crippen molar-refractivity contribution in [3.63, 3.8) is 0 Å². The number of carbonyl (C=O) groups excluding carboxylic acids is 1. The summed E-state index contributed by atoms with van der Waals surface area (Å²) in [5.74, 6) is -0.683. The van der Waals surface area contributed by atoms with Crippen molar-refractivity contribution in [1.82, 2.24) is 0 Å². The molecule has 1 aromatic carbocycles. The lowest BCUT2D eigenvalue weighted by Crippen LogP contribution is -2.24. The van der Waals surface area contributed by atoms with Crippen LogP contribution in [0.4, 0.5) is 10.1 Å². The van der Waals surface area contributed by atoms with E-state index < -0.39 is 5.91 Å². The van der Waals surface area contributed by atoms with Crippen molar-refractivity contribution in [2.45, 2.75) is 26.3 Å². The number of hydrogen-bond donors (Lipinski definition) is 2. The zero-order chi connectivity index (χ0) is 11.4. The molecular formula is C11H15FN2O. The van der Waals surface area contributed by atoms with E-state index in [1.54, 1.807) is 32.0 Å². The second-order valence-corrected chi connectivity index (χ2v) is 3.65. The summed E-state index contributed by atoms with van der Waals surface area (Å²) in [6, 6.07) is 4.93. The number of anilines is 1. The Labute approximate surface area is 88.5 Å². The van der Waals surface area contributed by atoms with Crippen LogP contribution in [0.15, 0.2) is 18.2 Å². The highest BCUT2D eigenvalue weighted by molar-refractivity contribution is 5.74. The number of benzene rings is 1. The fourth-order valence-corrected chi connectivity index (χ4v) is 1.38. The van der Waals surface area contributed by atoms with E-state index in [4.69, 9.17) is 5.73 Å². The molecule has 0 fully saturated rings. The molecule has 0 aliphatic carbocycles. The molecule has 15 heavy (non-hydrogen) atoms. The van der Waals surface area contributed by atoms with Crippen molar-refractivity contribution < 1.29 is 9.18 Å². The first-order chi connectivity index (χ1) is 7.00. The number of halogens is 1. The minimum Gasteiger partial charge on any atom is -0.380 e. The van der Waals surface area contributed by atoms with Crippen LogP contribution in [-0.4, -0.2) is 11.9 Å². The van der Waals surface area contributed by atoms with E-state index in [0.717, 1.165) is 0 Å². The van der Waals surface area contributed by atoms with E-state index in [1.807, 2.05) is 0 Å². The lowest BCUT2D eigenvalue weighted by molar-refractivity contribution is -0.118. The summed E-state index contributed by atoms with van der Waals surface area (Å²) in [6.07, 6.45) is 0.188. The molecule has 4 heteroatoms. The van der Waals surface area contributed by atoms with E-state index in [-0.39, 0.29) is 18.3 Å². The van der Waals surface area contributed by atoms with E-state index >= 15 is 0 Å². The van der Waals surface area contributed by atoms with E-state index in [9.17, 15) is 9.18 Å². The Balaban J connectivity index is 2.72. The number of nitrogens with two attached hydrogens (primary N) is 1. The van der Waals surface area contributed by atoms with Gasteiger partial charge in [-0.1, -0.05) is 12.1 Å². The third-order valence-electron chi connectivity index (χ3n) is 2.10. The number of rotatable bonds is 4. The lowest BCUT2D eigenvalue weighted by atomic mass is 10.1. The Hall–Kier alpha value is -1.58. The molecule has 0 saturated carbocycles. The van der Waals surface area contributed by atoms with Gasteiger partial charge in [0, 0.05) is 12.5 Å².